The molecule has 0 bridgehead atoms. The Labute approximate surface area is 410 Å². The first-order valence-corrected chi connectivity index (χ1v) is 25.8. The van der Waals surface area contributed by atoms with Gasteiger partial charge in [0.05, 0.1) is 11.0 Å². The van der Waals surface area contributed by atoms with Gasteiger partial charge >= 0.3 is 6.85 Å². The summed E-state index contributed by atoms with van der Waals surface area (Å²) < 4.78 is 9.88. The molecule has 3 nitrogen and oxygen atoms in total. The van der Waals surface area contributed by atoms with Gasteiger partial charge in [0.25, 0.3) is 0 Å². The molecule has 7 aromatic carbocycles. The topological polar surface area (TPSA) is 21.3 Å². The van der Waals surface area contributed by atoms with E-state index in [-0.39, 0.29) is 39.3 Å². The van der Waals surface area contributed by atoms with E-state index in [9.17, 15) is 0 Å². The second-order valence-corrected chi connectivity index (χ2v) is 26.5. The number of anilines is 2. The zero-order chi connectivity index (χ0) is 48.4. The number of nitrogens with zero attached hydrogens (tertiary/aromatic N) is 2. The minimum Gasteiger partial charge on any atom is -0.456 e. The van der Waals surface area contributed by atoms with E-state index < -0.39 is 0 Å². The van der Waals surface area contributed by atoms with Gasteiger partial charge in [0.2, 0.25) is 0 Å². The summed E-state index contributed by atoms with van der Waals surface area (Å²) in [6.45, 7) is 35.7. The molecular formula is C65H67BN2O. The van der Waals surface area contributed by atoms with Crippen molar-refractivity contribution < 1.29 is 4.42 Å². The third kappa shape index (κ3) is 5.69. The molecule has 4 heterocycles. The van der Waals surface area contributed by atoms with E-state index in [0.29, 0.717) is 0 Å². The van der Waals surface area contributed by atoms with Gasteiger partial charge in [-0.05, 0) is 155 Å². The van der Waals surface area contributed by atoms with Crippen molar-refractivity contribution >= 4 is 72.9 Å². The first-order chi connectivity index (χ1) is 32.4. The van der Waals surface area contributed by atoms with Gasteiger partial charge in [-0.2, -0.15) is 0 Å². The van der Waals surface area contributed by atoms with Crippen molar-refractivity contribution in [3.63, 3.8) is 0 Å². The van der Waals surface area contributed by atoms with E-state index in [1.54, 1.807) is 0 Å². The van der Waals surface area contributed by atoms with Crippen LogP contribution in [0.15, 0.2) is 114 Å². The highest BCUT2D eigenvalue weighted by atomic mass is 16.3. The molecule has 2 aromatic heterocycles. The number of hydrogen-bond donors (Lipinski definition) is 0. The molecular weight excluding hydrogens is 836 g/mol. The summed E-state index contributed by atoms with van der Waals surface area (Å²) >= 11 is 0. The van der Waals surface area contributed by atoms with E-state index in [2.05, 4.69) is 222 Å². The van der Waals surface area contributed by atoms with Crippen LogP contribution < -0.4 is 15.7 Å². The third-order valence-corrected chi connectivity index (χ3v) is 17.7. The Morgan fingerprint density at radius 2 is 1.12 bits per heavy atom. The SMILES string of the molecule is CC(C)(C)c1ccc(N2B3c4cc(C(C)(C)C)ccc4-n4c5ccc(C(C)(C)C)cc5c5c6c(c(c3c54)-c3cc4c(cc32)oc2cc3c(cc24)C(C)(C)CCC3(C)C)C(C)(C)c2ccccc2-6)cc1. The van der Waals surface area contributed by atoms with Crippen LogP contribution in [0.1, 0.15) is 156 Å². The summed E-state index contributed by atoms with van der Waals surface area (Å²) in [7, 11) is 0. The van der Waals surface area contributed by atoms with Crippen molar-refractivity contribution in [3.05, 3.63) is 148 Å². The maximum Gasteiger partial charge on any atom is 0.333 e. The molecule has 9 aromatic rings. The Morgan fingerprint density at radius 3 is 1.80 bits per heavy atom. The van der Waals surface area contributed by atoms with Gasteiger partial charge in [0, 0.05) is 55.7 Å². The molecule has 0 atom stereocenters. The van der Waals surface area contributed by atoms with Crippen LogP contribution in [0.5, 0.6) is 0 Å². The van der Waals surface area contributed by atoms with Crippen molar-refractivity contribution in [2.45, 2.75) is 149 Å². The van der Waals surface area contributed by atoms with Gasteiger partial charge in [0.1, 0.15) is 11.2 Å². The van der Waals surface area contributed by atoms with Crippen LogP contribution in [-0.2, 0) is 32.5 Å². The summed E-state index contributed by atoms with van der Waals surface area (Å²) in [6, 6.07) is 43.6. The van der Waals surface area contributed by atoms with Gasteiger partial charge < -0.3 is 13.8 Å². The Bertz CT molecular complexity index is 3750. The normalized spacial score (nSPS) is 17.4. The Hall–Kier alpha value is -6.00. The summed E-state index contributed by atoms with van der Waals surface area (Å²) in [4.78, 5) is 2.71. The molecule has 0 amide bonds. The summed E-state index contributed by atoms with van der Waals surface area (Å²) in [6.07, 6.45) is 2.33. The van der Waals surface area contributed by atoms with E-state index in [4.69, 9.17) is 4.42 Å². The monoisotopic (exact) mass is 903 g/mol. The lowest BCUT2D eigenvalue weighted by molar-refractivity contribution is 0.332. The smallest absolute Gasteiger partial charge is 0.333 e. The van der Waals surface area contributed by atoms with Crippen LogP contribution in [0.2, 0.25) is 0 Å². The molecule has 0 fully saturated rings. The highest BCUT2D eigenvalue weighted by Gasteiger charge is 2.51. The zero-order valence-corrected chi connectivity index (χ0v) is 43.7. The lowest BCUT2D eigenvalue weighted by atomic mass is 9.43. The predicted molar refractivity (Wildman–Crippen MR) is 296 cm³/mol. The second-order valence-electron chi connectivity index (χ2n) is 26.5. The molecule has 0 spiro atoms. The maximum absolute atomic E-state index is 7.20. The molecule has 0 saturated heterocycles. The fraction of sp³-hybridized carbons (Fsp3) is 0.354. The Balaban J connectivity index is 1.26. The third-order valence-electron chi connectivity index (χ3n) is 17.7. The molecule has 0 radical (unpaired) electrons. The van der Waals surface area contributed by atoms with E-state index in [1.807, 2.05) is 0 Å². The fourth-order valence-electron chi connectivity index (χ4n) is 13.5. The predicted octanol–water partition coefficient (Wildman–Crippen LogP) is 16.5. The average molecular weight is 903 g/mol. The molecule has 4 heteroatoms. The number of benzene rings is 7. The van der Waals surface area contributed by atoms with Crippen LogP contribution in [0, 0.1) is 0 Å². The Morgan fingerprint density at radius 1 is 0.522 bits per heavy atom. The van der Waals surface area contributed by atoms with Gasteiger partial charge in [-0.15, -0.1) is 0 Å². The maximum atomic E-state index is 7.20. The average Bonchev–Trinajstić information content (AvgIpc) is 3.90. The van der Waals surface area contributed by atoms with Gasteiger partial charge in [0.15, 0.2) is 0 Å². The fourth-order valence-corrected chi connectivity index (χ4v) is 13.5. The zero-order valence-electron chi connectivity index (χ0n) is 43.7. The molecule has 0 saturated carbocycles. The summed E-state index contributed by atoms with van der Waals surface area (Å²) in [5, 5.41) is 5.15. The molecule has 346 valence electrons. The van der Waals surface area contributed by atoms with Crippen LogP contribution in [-0.4, -0.2) is 11.4 Å². The number of aromatic nitrogens is 1. The summed E-state index contributed by atoms with van der Waals surface area (Å²) in [5.41, 5.74) is 26.0. The Kier molecular flexibility index (Phi) is 8.26. The van der Waals surface area contributed by atoms with Crippen molar-refractivity contribution in [2.24, 2.45) is 0 Å². The van der Waals surface area contributed by atoms with Crippen LogP contribution in [0.4, 0.5) is 11.4 Å². The quantitative estimate of drug-likeness (QED) is 0.153. The first-order valence-electron chi connectivity index (χ1n) is 25.8. The van der Waals surface area contributed by atoms with Gasteiger partial charge in [-0.3, -0.25) is 0 Å². The highest BCUT2D eigenvalue weighted by Crippen LogP contribution is 2.60. The minimum atomic E-state index is -0.282. The van der Waals surface area contributed by atoms with E-state index in [1.165, 1.54) is 135 Å². The molecule has 0 unspecified atom stereocenters. The molecule has 0 N–H and O–H groups in total. The van der Waals surface area contributed by atoms with Crippen molar-refractivity contribution in [1.29, 1.82) is 0 Å². The highest BCUT2D eigenvalue weighted by molar-refractivity contribution is 6.94. The van der Waals surface area contributed by atoms with Crippen LogP contribution >= 0.6 is 0 Å². The minimum absolute atomic E-state index is 0.0166. The second kappa shape index (κ2) is 13.2. The molecule has 13 rings (SSSR count). The number of rotatable bonds is 1. The lowest BCUT2D eigenvalue weighted by Crippen LogP contribution is -2.61. The molecule has 2 aliphatic carbocycles. The van der Waals surface area contributed by atoms with Crippen LogP contribution in [0.3, 0.4) is 0 Å². The largest absolute Gasteiger partial charge is 0.456 e. The standard InChI is InChI=1S/C65H67BN2O/c1-60(2,3)36-20-24-39(25-21-36)68-51-35-53-41(42-33-46-47(34-52(42)69-53)64(12,13)29-28-63(46,10)11)32-44(51)56-57-54(40-18-16-17-19-45(40)65(57,14)15)55-43-30-37(61(4,5)6)22-26-49(43)67-50-27-23-38(62(7,8)9)31-48(50)66(68)58(56)59(55)67/h16-27,30-35H,28-29H2,1-15H3. The van der Waals surface area contributed by atoms with Crippen molar-refractivity contribution in [2.75, 3.05) is 4.81 Å². The van der Waals surface area contributed by atoms with Crippen LogP contribution in [0.25, 0.3) is 71.7 Å². The first kappa shape index (κ1) is 43.1. The molecule has 69 heavy (non-hydrogen) atoms. The van der Waals surface area contributed by atoms with Gasteiger partial charge in [-0.25, -0.2) is 0 Å². The van der Waals surface area contributed by atoms with Gasteiger partial charge in [-0.1, -0.05) is 158 Å². The van der Waals surface area contributed by atoms with Crippen molar-refractivity contribution in [1.82, 2.24) is 4.57 Å². The number of furan rings is 1. The number of hydrogen-bond acceptors (Lipinski definition) is 2. The lowest BCUT2D eigenvalue weighted by Gasteiger charge is -2.44. The van der Waals surface area contributed by atoms with E-state index in [0.717, 1.165) is 11.2 Å². The number of fused-ring (bicyclic) bond motifs is 17. The summed E-state index contributed by atoms with van der Waals surface area (Å²) in [5.74, 6) is 0. The van der Waals surface area contributed by atoms with Crippen molar-refractivity contribution in [3.8, 4) is 27.9 Å². The molecule has 4 aliphatic rings. The van der Waals surface area contributed by atoms with E-state index >= 15 is 0 Å². The molecule has 2 aliphatic heterocycles.